The van der Waals surface area contributed by atoms with Gasteiger partial charge in [0.15, 0.2) is 0 Å². The summed E-state index contributed by atoms with van der Waals surface area (Å²) >= 11 is 0. The van der Waals surface area contributed by atoms with Crippen LogP contribution in [0.1, 0.15) is 40.6 Å². The Morgan fingerprint density at radius 1 is 1.10 bits per heavy atom. The lowest BCUT2D eigenvalue weighted by molar-refractivity contribution is 0.0729. The molecule has 2 heterocycles. The highest BCUT2D eigenvalue weighted by Crippen LogP contribution is 2.35. The molecule has 1 aromatic heterocycles. The Hall–Kier alpha value is -3.21. The van der Waals surface area contributed by atoms with Crippen molar-refractivity contribution in [1.82, 2.24) is 9.88 Å². The van der Waals surface area contributed by atoms with Crippen LogP contribution in [0.15, 0.2) is 60.7 Å². The second-order valence-electron chi connectivity index (χ2n) is 7.29. The summed E-state index contributed by atoms with van der Waals surface area (Å²) in [5.74, 6) is 0.271. The van der Waals surface area contributed by atoms with E-state index in [1.807, 2.05) is 36.1 Å². The van der Waals surface area contributed by atoms with E-state index in [9.17, 15) is 9.18 Å². The van der Waals surface area contributed by atoms with E-state index in [0.29, 0.717) is 17.9 Å². The molecule has 2 aromatic carbocycles. The molecule has 0 unspecified atom stereocenters. The molecule has 0 N–H and O–H groups in total. The Balaban J connectivity index is 1.68. The molecule has 0 saturated carbocycles. The fourth-order valence-electron chi connectivity index (χ4n) is 3.97. The number of rotatable bonds is 4. The Bertz CT molecular complexity index is 1030. The highest BCUT2D eigenvalue weighted by molar-refractivity contribution is 5.97. The van der Waals surface area contributed by atoms with E-state index in [1.54, 1.807) is 31.4 Å². The van der Waals surface area contributed by atoms with Crippen molar-refractivity contribution in [3.63, 3.8) is 0 Å². The van der Waals surface area contributed by atoms with Crippen LogP contribution in [0.4, 0.5) is 4.39 Å². The van der Waals surface area contributed by atoms with E-state index in [4.69, 9.17) is 9.72 Å². The van der Waals surface area contributed by atoms with E-state index in [0.717, 1.165) is 35.4 Å². The third-order valence-electron chi connectivity index (χ3n) is 5.34. The number of aromatic nitrogens is 1. The summed E-state index contributed by atoms with van der Waals surface area (Å²) in [4.78, 5) is 19.9. The van der Waals surface area contributed by atoms with Crippen molar-refractivity contribution in [3.8, 4) is 16.9 Å². The van der Waals surface area contributed by atoms with Crippen LogP contribution >= 0.6 is 0 Å². The smallest absolute Gasteiger partial charge is 0.258 e. The molecule has 0 radical (unpaired) electrons. The van der Waals surface area contributed by atoms with E-state index < -0.39 is 0 Å². The first kappa shape index (κ1) is 19.1. The Morgan fingerprint density at radius 3 is 2.62 bits per heavy atom. The zero-order valence-corrected chi connectivity index (χ0v) is 16.6. The molecule has 1 atom stereocenters. The summed E-state index contributed by atoms with van der Waals surface area (Å²) in [7, 11) is 1.57. The standard InChI is InChI=1S/C24H23FN2O2/c1-16-14-18(17-9-11-19(25)12-10-17)15-21(26-16)22-7-5-13-27(22)24(28)20-6-3-4-8-23(20)29-2/h3-4,6,8-12,14-15,22H,5,7,13H2,1-2H3/t22-/m1/s1. The second-order valence-corrected chi connectivity index (χ2v) is 7.29. The number of methoxy groups -OCH3 is 1. The van der Waals surface area contributed by atoms with Crippen molar-refractivity contribution in [2.24, 2.45) is 0 Å². The zero-order chi connectivity index (χ0) is 20.4. The van der Waals surface area contributed by atoms with Gasteiger partial charge < -0.3 is 9.64 Å². The van der Waals surface area contributed by atoms with Crippen molar-refractivity contribution in [3.05, 3.63) is 83.4 Å². The number of carbonyl (C=O) groups is 1. The molecule has 0 aliphatic carbocycles. The van der Waals surface area contributed by atoms with Gasteiger partial charge in [0, 0.05) is 12.2 Å². The van der Waals surface area contributed by atoms with Crippen molar-refractivity contribution in [2.45, 2.75) is 25.8 Å². The minimum absolute atomic E-state index is 0.0448. The number of aryl methyl sites for hydroxylation is 1. The average Bonchev–Trinajstić information content (AvgIpc) is 3.23. The van der Waals surface area contributed by atoms with Crippen LogP contribution in [0.5, 0.6) is 5.75 Å². The maximum absolute atomic E-state index is 13.3. The number of amides is 1. The van der Waals surface area contributed by atoms with Crippen LogP contribution in [0, 0.1) is 12.7 Å². The fraction of sp³-hybridized carbons (Fsp3) is 0.250. The van der Waals surface area contributed by atoms with Gasteiger partial charge in [-0.15, -0.1) is 0 Å². The average molecular weight is 390 g/mol. The van der Waals surface area contributed by atoms with Gasteiger partial charge in [-0.2, -0.15) is 0 Å². The monoisotopic (exact) mass is 390 g/mol. The van der Waals surface area contributed by atoms with Gasteiger partial charge in [0.1, 0.15) is 11.6 Å². The van der Waals surface area contributed by atoms with Gasteiger partial charge in [-0.25, -0.2) is 4.39 Å². The Morgan fingerprint density at radius 2 is 1.86 bits per heavy atom. The third kappa shape index (κ3) is 3.86. The predicted molar refractivity (Wildman–Crippen MR) is 110 cm³/mol. The lowest BCUT2D eigenvalue weighted by atomic mass is 10.0. The summed E-state index contributed by atoms with van der Waals surface area (Å²) in [5.41, 5.74) is 4.21. The molecular formula is C24H23FN2O2. The number of carbonyl (C=O) groups excluding carboxylic acids is 1. The molecule has 148 valence electrons. The van der Waals surface area contributed by atoms with E-state index >= 15 is 0 Å². The van der Waals surface area contributed by atoms with Crippen LogP contribution in [0.3, 0.4) is 0 Å². The summed E-state index contributed by atoms with van der Waals surface area (Å²) in [6.45, 7) is 2.63. The molecule has 3 aromatic rings. The number of benzene rings is 2. The molecule has 0 bridgehead atoms. The highest BCUT2D eigenvalue weighted by Gasteiger charge is 2.33. The SMILES string of the molecule is COc1ccccc1C(=O)N1CCC[C@@H]1c1cc(-c2ccc(F)cc2)cc(C)n1. The molecular weight excluding hydrogens is 367 g/mol. The molecule has 4 rings (SSSR count). The number of ether oxygens (including phenoxy) is 1. The lowest BCUT2D eigenvalue weighted by Crippen LogP contribution is -2.31. The number of para-hydroxylation sites is 1. The quantitative estimate of drug-likeness (QED) is 0.616. The molecule has 4 nitrogen and oxygen atoms in total. The van der Waals surface area contributed by atoms with Gasteiger partial charge in [0.25, 0.3) is 5.91 Å². The third-order valence-corrected chi connectivity index (χ3v) is 5.34. The minimum atomic E-state index is -0.260. The molecule has 29 heavy (non-hydrogen) atoms. The number of likely N-dealkylation sites (tertiary alicyclic amines) is 1. The Labute approximate surface area is 170 Å². The summed E-state index contributed by atoms with van der Waals surface area (Å²) < 4.78 is 18.7. The molecule has 1 aliphatic heterocycles. The fourth-order valence-corrected chi connectivity index (χ4v) is 3.97. The van der Waals surface area contributed by atoms with Crippen molar-refractivity contribution < 1.29 is 13.9 Å². The van der Waals surface area contributed by atoms with Gasteiger partial charge in [-0.3, -0.25) is 9.78 Å². The van der Waals surface area contributed by atoms with Gasteiger partial charge in [0.2, 0.25) is 0 Å². The van der Waals surface area contributed by atoms with Gasteiger partial charge in [0.05, 0.1) is 24.4 Å². The molecule has 1 amide bonds. The summed E-state index contributed by atoms with van der Waals surface area (Å²) in [6, 6.07) is 17.6. The zero-order valence-electron chi connectivity index (χ0n) is 16.6. The van der Waals surface area contributed by atoms with Crippen LogP contribution in [0.25, 0.3) is 11.1 Å². The van der Waals surface area contributed by atoms with Crippen LogP contribution < -0.4 is 4.74 Å². The van der Waals surface area contributed by atoms with Crippen LogP contribution in [-0.2, 0) is 0 Å². The van der Waals surface area contributed by atoms with Crippen LogP contribution in [0.2, 0.25) is 0 Å². The minimum Gasteiger partial charge on any atom is -0.496 e. The maximum Gasteiger partial charge on any atom is 0.258 e. The topological polar surface area (TPSA) is 42.4 Å². The first-order valence-corrected chi connectivity index (χ1v) is 9.75. The Kier molecular flexibility index (Phi) is 5.30. The van der Waals surface area contributed by atoms with Crippen molar-refractivity contribution >= 4 is 5.91 Å². The second kappa shape index (κ2) is 8.03. The number of pyridine rings is 1. The van der Waals surface area contributed by atoms with Gasteiger partial charge >= 0.3 is 0 Å². The number of halogens is 1. The molecule has 1 aliphatic rings. The molecule has 1 fully saturated rings. The van der Waals surface area contributed by atoms with Gasteiger partial charge in [-0.1, -0.05) is 24.3 Å². The van der Waals surface area contributed by atoms with E-state index in [2.05, 4.69) is 0 Å². The molecule has 0 spiro atoms. The highest BCUT2D eigenvalue weighted by atomic mass is 19.1. The van der Waals surface area contributed by atoms with Crippen LogP contribution in [-0.4, -0.2) is 29.4 Å². The molecule has 1 saturated heterocycles. The van der Waals surface area contributed by atoms with E-state index in [-0.39, 0.29) is 17.8 Å². The van der Waals surface area contributed by atoms with Gasteiger partial charge in [-0.05, 0) is 67.3 Å². The first-order chi connectivity index (χ1) is 14.1. The largest absolute Gasteiger partial charge is 0.496 e. The maximum atomic E-state index is 13.3. The first-order valence-electron chi connectivity index (χ1n) is 9.75. The molecule has 5 heteroatoms. The van der Waals surface area contributed by atoms with Crippen molar-refractivity contribution in [1.29, 1.82) is 0 Å². The number of nitrogens with zero attached hydrogens (tertiary/aromatic N) is 2. The van der Waals surface area contributed by atoms with E-state index in [1.165, 1.54) is 12.1 Å². The predicted octanol–water partition coefficient (Wildman–Crippen LogP) is 5.18. The summed E-state index contributed by atoms with van der Waals surface area (Å²) in [5, 5.41) is 0. The number of hydrogen-bond acceptors (Lipinski definition) is 3. The summed E-state index contributed by atoms with van der Waals surface area (Å²) in [6.07, 6.45) is 1.78. The lowest BCUT2D eigenvalue weighted by Gasteiger charge is -2.26. The van der Waals surface area contributed by atoms with Crippen molar-refractivity contribution in [2.75, 3.05) is 13.7 Å². The number of hydrogen-bond donors (Lipinski definition) is 0. The normalized spacial score (nSPS) is 16.1.